The van der Waals surface area contributed by atoms with Crippen LogP contribution in [0.15, 0.2) is 12.4 Å². The molecule has 0 radical (unpaired) electrons. The van der Waals surface area contributed by atoms with Crippen molar-refractivity contribution in [1.82, 2.24) is 15.3 Å². The highest BCUT2D eigenvalue weighted by molar-refractivity contribution is 6.29. The lowest BCUT2D eigenvalue weighted by atomic mass is 9.71. The first-order chi connectivity index (χ1) is 10.0. The predicted octanol–water partition coefficient (Wildman–Crippen LogP) is 2.29. The second-order valence-electron chi connectivity index (χ2n) is 5.54. The molecule has 1 fully saturated rings. The number of amides is 1. The molecule has 1 aliphatic rings. The average Bonchev–Trinajstić information content (AvgIpc) is 2.46. The average molecular weight is 312 g/mol. The SMILES string of the molecule is O=C(O)CC1(CNC(=O)c2cnc(Cl)cn2)CCCCC1. The molecule has 1 aromatic heterocycles. The lowest BCUT2D eigenvalue weighted by Gasteiger charge is -2.36. The molecule has 0 aliphatic heterocycles. The Kier molecular flexibility index (Phi) is 5.12. The number of rotatable bonds is 5. The van der Waals surface area contributed by atoms with Gasteiger partial charge in [-0.15, -0.1) is 0 Å². The van der Waals surface area contributed by atoms with Crippen LogP contribution in [0, 0.1) is 5.41 Å². The summed E-state index contributed by atoms with van der Waals surface area (Å²) in [6.45, 7) is 0.350. The van der Waals surface area contributed by atoms with E-state index in [1.54, 1.807) is 0 Å². The highest BCUT2D eigenvalue weighted by Gasteiger charge is 2.34. The lowest BCUT2D eigenvalue weighted by molar-refractivity contribution is -0.140. The lowest BCUT2D eigenvalue weighted by Crippen LogP contribution is -2.40. The van der Waals surface area contributed by atoms with E-state index in [4.69, 9.17) is 16.7 Å². The van der Waals surface area contributed by atoms with Crippen LogP contribution in [0.5, 0.6) is 0 Å². The van der Waals surface area contributed by atoms with Crippen LogP contribution in [0.3, 0.4) is 0 Å². The number of aliphatic carboxylic acids is 1. The maximum atomic E-state index is 12.0. The van der Waals surface area contributed by atoms with Crippen molar-refractivity contribution >= 4 is 23.5 Å². The van der Waals surface area contributed by atoms with Crippen molar-refractivity contribution in [2.75, 3.05) is 6.54 Å². The maximum Gasteiger partial charge on any atom is 0.303 e. The van der Waals surface area contributed by atoms with Gasteiger partial charge in [-0.05, 0) is 18.3 Å². The number of nitrogens with one attached hydrogen (secondary N) is 1. The van der Waals surface area contributed by atoms with E-state index in [0.29, 0.717) is 6.54 Å². The van der Waals surface area contributed by atoms with Gasteiger partial charge in [-0.1, -0.05) is 30.9 Å². The molecule has 0 bridgehead atoms. The zero-order valence-corrected chi connectivity index (χ0v) is 12.4. The Morgan fingerprint density at radius 1 is 1.24 bits per heavy atom. The molecule has 1 aliphatic carbocycles. The fourth-order valence-corrected chi connectivity index (χ4v) is 2.92. The number of carboxylic acids is 1. The Bertz CT molecular complexity index is 513. The van der Waals surface area contributed by atoms with Gasteiger partial charge in [-0.2, -0.15) is 0 Å². The highest BCUT2D eigenvalue weighted by atomic mass is 35.5. The Hall–Kier alpha value is -1.69. The molecule has 0 saturated heterocycles. The first-order valence-electron chi connectivity index (χ1n) is 6.98. The number of nitrogens with zero attached hydrogens (tertiary/aromatic N) is 2. The van der Waals surface area contributed by atoms with Crippen LogP contribution in [0.2, 0.25) is 5.15 Å². The van der Waals surface area contributed by atoms with Gasteiger partial charge in [0.25, 0.3) is 5.91 Å². The smallest absolute Gasteiger partial charge is 0.303 e. The molecule has 21 heavy (non-hydrogen) atoms. The monoisotopic (exact) mass is 311 g/mol. The van der Waals surface area contributed by atoms with Crippen molar-refractivity contribution < 1.29 is 14.7 Å². The van der Waals surface area contributed by atoms with E-state index in [9.17, 15) is 9.59 Å². The molecule has 1 aromatic rings. The summed E-state index contributed by atoms with van der Waals surface area (Å²) in [4.78, 5) is 30.8. The third-order valence-corrected chi connectivity index (χ3v) is 4.11. The van der Waals surface area contributed by atoms with Gasteiger partial charge >= 0.3 is 5.97 Å². The van der Waals surface area contributed by atoms with Gasteiger partial charge in [0, 0.05) is 6.54 Å². The van der Waals surface area contributed by atoms with Gasteiger partial charge in [-0.25, -0.2) is 9.97 Å². The molecular weight excluding hydrogens is 294 g/mol. The van der Waals surface area contributed by atoms with Gasteiger partial charge in [0.05, 0.1) is 18.8 Å². The topological polar surface area (TPSA) is 92.2 Å². The summed E-state index contributed by atoms with van der Waals surface area (Å²) < 4.78 is 0. The molecule has 6 nitrogen and oxygen atoms in total. The zero-order chi connectivity index (χ0) is 15.3. The number of carbonyl (C=O) groups is 2. The Balaban J connectivity index is 1.99. The molecule has 2 N–H and O–H groups in total. The summed E-state index contributed by atoms with van der Waals surface area (Å²) in [7, 11) is 0. The van der Waals surface area contributed by atoms with Crippen LogP contribution in [-0.2, 0) is 4.79 Å². The summed E-state index contributed by atoms with van der Waals surface area (Å²) in [6.07, 6.45) is 7.48. The van der Waals surface area contributed by atoms with Crippen LogP contribution < -0.4 is 5.32 Å². The summed E-state index contributed by atoms with van der Waals surface area (Å²) in [6, 6.07) is 0. The third-order valence-electron chi connectivity index (χ3n) is 3.92. The van der Waals surface area contributed by atoms with Crippen LogP contribution in [0.25, 0.3) is 0 Å². The molecule has 0 aromatic carbocycles. The third kappa shape index (κ3) is 4.39. The summed E-state index contributed by atoms with van der Waals surface area (Å²) >= 11 is 5.62. The number of carboxylic acid groups (broad SMARTS) is 1. The second kappa shape index (κ2) is 6.85. The zero-order valence-electron chi connectivity index (χ0n) is 11.6. The second-order valence-corrected chi connectivity index (χ2v) is 5.93. The highest BCUT2D eigenvalue weighted by Crippen LogP contribution is 2.38. The molecular formula is C14H18ClN3O3. The van der Waals surface area contributed by atoms with E-state index in [0.717, 1.165) is 32.1 Å². The molecule has 1 amide bonds. The Labute approximate surface area is 127 Å². The predicted molar refractivity (Wildman–Crippen MR) is 77.1 cm³/mol. The van der Waals surface area contributed by atoms with Crippen molar-refractivity contribution in [3.05, 3.63) is 23.2 Å². The standard InChI is InChI=1S/C14H18ClN3O3/c15-11-8-16-10(7-17-11)13(21)18-9-14(6-12(19)20)4-2-1-3-5-14/h7-8H,1-6,9H2,(H,18,21)(H,19,20). The van der Waals surface area contributed by atoms with Crippen molar-refractivity contribution in [2.24, 2.45) is 5.41 Å². The minimum atomic E-state index is -0.822. The first kappa shape index (κ1) is 15.7. The molecule has 0 atom stereocenters. The largest absolute Gasteiger partial charge is 0.481 e. The minimum Gasteiger partial charge on any atom is -0.481 e. The molecule has 1 heterocycles. The number of halogens is 1. The molecule has 0 spiro atoms. The molecule has 7 heteroatoms. The Morgan fingerprint density at radius 2 is 1.95 bits per heavy atom. The van der Waals surface area contributed by atoms with Crippen molar-refractivity contribution in [3.8, 4) is 0 Å². The number of hydrogen-bond donors (Lipinski definition) is 2. The van der Waals surface area contributed by atoms with Crippen molar-refractivity contribution in [3.63, 3.8) is 0 Å². The van der Waals surface area contributed by atoms with Crippen LogP contribution in [0.1, 0.15) is 49.0 Å². The van der Waals surface area contributed by atoms with E-state index >= 15 is 0 Å². The fourth-order valence-electron chi connectivity index (χ4n) is 2.83. The molecule has 1 saturated carbocycles. The van der Waals surface area contributed by atoms with Gasteiger partial charge in [-0.3, -0.25) is 9.59 Å². The Morgan fingerprint density at radius 3 is 2.52 bits per heavy atom. The van der Waals surface area contributed by atoms with Crippen molar-refractivity contribution in [1.29, 1.82) is 0 Å². The van der Waals surface area contributed by atoms with Crippen LogP contribution in [0.4, 0.5) is 0 Å². The van der Waals surface area contributed by atoms with Gasteiger partial charge in [0.2, 0.25) is 0 Å². The molecule has 2 rings (SSSR count). The first-order valence-corrected chi connectivity index (χ1v) is 7.36. The van der Waals surface area contributed by atoms with E-state index in [1.807, 2.05) is 0 Å². The van der Waals surface area contributed by atoms with Crippen LogP contribution in [-0.4, -0.2) is 33.5 Å². The summed E-state index contributed by atoms with van der Waals surface area (Å²) in [5.74, 6) is -1.17. The van der Waals surface area contributed by atoms with E-state index in [-0.39, 0.29) is 28.6 Å². The van der Waals surface area contributed by atoms with Gasteiger partial charge in [0.1, 0.15) is 10.8 Å². The van der Waals surface area contributed by atoms with Gasteiger partial charge in [0.15, 0.2) is 0 Å². The van der Waals surface area contributed by atoms with Crippen molar-refractivity contribution in [2.45, 2.75) is 38.5 Å². The van der Waals surface area contributed by atoms with Crippen LogP contribution >= 0.6 is 11.6 Å². The quantitative estimate of drug-likeness (QED) is 0.870. The molecule has 0 unspecified atom stereocenters. The van der Waals surface area contributed by atoms with E-state index in [2.05, 4.69) is 15.3 Å². The number of hydrogen-bond acceptors (Lipinski definition) is 4. The van der Waals surface area contributed by atoms with E-state index < -0.39 is 5.97 Å². The minimum absolute atomic E-state index is 0.0829. The van der Waals surface area contributed by atoms with Gasteiger partial charge < -0.3 is 10.4 Å². The summed E-state index contributed by atoms with van der Waals surface area (Å²) in [5.41, 5.74) is -0.166. The maximum absolute atomic E-state index is 12.0. The number of aromatic nitrogens is 2. The number of carbonyl (C=O) groups excluding carboxylic acids is 1. The normalized spacial score (nSPS) is 17.2. The van der Waals surface area contributed by atoms with E-state index in [1.165, 1.54) is 12.4 Å². The summed E-state index contributed by atoms with van der Waals surface area (Å²) in [5, 5.41) is 12.1. The molecule has 114 valence electrons. The fraction of sp³-hybridized carbons (Fsp3) is 0.571.